The van der Waals surface area contributed by atoms with Gasteiger partial charge >= 0.3 is 0 Å². The van der Waals surface area contributed by atoms with Gasteiger partial charge in [0.05, 0.1) is 13.2 Å². The van der Waals surface area contributed by atoms with E-state index in [2.05, 4.69) is 9.88 Å². The fourth-order valence-electron chi connectivity index (χ4n) is 2.85. The first-order valence-corrected chi connectivity index (χ1v) is 9.05. The predicted octanol–water partition coefficient (Wildman–Crippen LogP) is 2.05. The number of nitrogens with zero attached hydrogens (tertiary/aromatic N) is 2. The molecule has 0 spiro atoms. The van der Waals surface area contributed by atoms with Gasteiger partial charge in [0.2, 0.25) is 0 Å². The number of benzene rings is 1. The van der Waals surface area contributed by atoms with Crippen molar-refractivity contribution in [1.82, 2.24) is 9.88 Å². The monoisotopic (exact) mass is 368 g/mol. The van der Waals surface area contributed by atoms with Crippen LogP contribution in [0, 0.1) is 0 Å². The summed E-state index contributed by atoms with van der Waals surface area (Å²) in [6, 6.07) is 10.8. The molecule has 3 rings (SSSR count). The van der Waals surface area contributed by atoms with Crippen molar-refractivity contribution >= 4 is 11.9 Å². The number of rotatable bonds is 8. The van der Waals surface area contributed by atoms with Crippen LogP contribution in [-0.2, 0) is 4.74 Å². The average Bonchev–Trinajstić information content (AvgIpc) is 2.72. The minimum Gasteiger partial charge on any atom is -0.490 e. The van der Waals surface area contributed by atoms with Crippen LogP contribution in [0.1, 0.15) is 15.9 Å². The number of para-hydroxylation sites is 1. The van der Waals surface area contributed by atoms with Crippen molar-refractivity contribution in [3.05, 3.63) is 66.0 Å². The van der Waals surface area contributed by atoms with Crippen molar-refractivity contribution in [3.63, 3.8) is 0 Å². The van der Waals surface area contributed by atoms with E-state index in [1.54, 1.807) is 30.6 Å². The molecular formula is C21H24N2O4. The van der Waals surface area contributed by atoms with Gasteiger partial charge in [-0.2, -0.15) is 0 Å². The van der Waals surface area contributed by atoms with Crippen molar-refractivity contribution < 1.29 is 19.4 Å². The highest BCUT2D eigenvalue weighted by Gasteiger charge is 2.15. The van der Waals surface area contributed by atoms with Gasteiger partial charge in [-0.25, -0.2) is 0 Å². The molecule has 0 radical (unpaired) electrons. The normalized spacial score (nSPS) is 16.3. The van der Waals surface area contributed by atoms with Crippen molar-refractivity contribution in [2.75, 3.05) is 39.5 Å². The Balaban J connectivity index is 1.57. The molecule has 6 heteroatoms. The summed E-state index contributed by atoms with van der Waals surface area (Å²) in [5.41, 5.74) is 1.37. The largest absolute Gasteiger partial charge is 0.490 e. The number of carbonyl (C=O) groups is 1. The highest BCUT2D eigenvalue weighted by molar-refractivity contribution is 6.06. The second-order valence-corrected chi connectivity index (χ2v) is 6.35. The van der Waals surface area contributed by atoms with E-state index in [9.17, 15) is 9.90 Å². The third-order valence-electron chi connectivity index (χ3n) is 4.30. The third kappa shape index (κ3) is 5.99. The summed E-state index contributed by atoms with van der Waals surface area (Å²) < 4.78 is 11.1. The average molecular weight is 368 g/mol. The van der Waals surface area contributed by atoms with E-state index in [-0.39, 0.29) is 12.4 Å². The van der Waals surface area contributed by atoms with Gasteiger partial charge in [-0.15, -0.1) is 0 Å². The third-order valence-corrected chi connectivity index (χ3v) is 4.30. The standard InChI is InChI=1S/C21H24N2O4/c24-19(15-23-11-13-26-14-12-23)16-27-21-4-2-1-3-18(21)5-6-20(25)17-7-9-22-10-8-17/h1-10,19,24H,11-16H2/b6-5+. The Morgan fingerprint density at radius 3 is 2.74 bits per heavy atom. The molecule has 27 heavy (non-hydrogen) atoms. The van der Waals surface area contributed by atoms with Crippen LogP contribution in [0.25, 0.3) is 6.08 Å². The molecule has 1 atom stereocenters. The van der Waals surface area contributed by atoms with Crippen molar-refractivity contribution in [2.45, 2.75) is 6.10 Å². The molecule has 6 nitrogen and oxygen atoms in total. The smallest absolute Gasteiger partial charge is 0.185 e. The lowest BCUT2D eigenvalue weighted by atomic mass is 10.1. The number of aliphatic hydroxyl groups excluding tert-OH is 1. The van der Waals surface area contributed by atoms with Gasteiger partial charge in [-0.1, -0.05) is 18.2 Å². The van der Waals surface area contributed by atoms with E-state index >= 15 is 0 Å². The Morgan fingerprint density at radius 2 is 1.96 bits per heavy atom. The molecule has 1 N–H and O–H groups in total. The molecule has 1 fully saturated rings. The number of carbonyl (C=O) groups excluding carboxylic acids is 1. The number of morpholine rings is 1. The minimum atomic E-state index is -0.585. The van der Waals surface area contributed by atoms with Crippen molar-refractivity contribution in [1.29, 1.82) is 0 Å². The second kappa shape index (κ2) is 9.97. The summed E-state index contributed by atoms with van der Waals surface area (Å²) in [6.07, 6.45) is 5.84. The molecule has 1 aromatic carbocycles. The van der Waals surface area contributed by atoms with Gasteiger partial charge in [0.15, 0.2) is 5.78 Å². The molecule has 0 bridgehead atoms. The highest BCUT2D eigenvalue weighted by Crippen LogP contribution is 2.20. The number of aromatic nitrogens is 1. The van der Waals surface area contributed by atoms with Crippen molar-refractivity contribution in [3.8, 4) is 5.75 Å². The van der Waals surface area contributed by atoms with Crippen LogP contribution in [0.5, 0.6) is 5.75 Å². The summed E-state index contributed by atoms with van der Waals surface area (Å²) in [6.45, 7) is 3.81. The molecule has 2 heterocycles. The molecule has 1 saturated heterocycles. The maximum absolute atomic E-state index is 12.2. The van der Waals surface area contributed by atoms with Crippen LogP contribution in [0.4, 0.5) is 0 Å². The number of hydrogen-bond donors (Lipinski definition) is 1. The molecule has 2 aromatic rings. The van der Waals surface area contributed by atoms with Gasteiger partial charge in [-0.3, -0.25) is 14.7 Å². The van der Waals surface area contributed by atoms with Crippen LogP contribution < -0.4 is 4.74 Å². The number of β-amino-alcohol motifs (C(OH)–C–C–N with tert-alkyl or cyclic N) is 1. The number of allylic oxidation sites excluding steroid dienone is 1. The molecule has 1 unspecified atom stereocenters. The zero-order valence-corrected chi connectivity index (χ0v) is 15.2. The molecule has 1 aliphatic rings. The molecule has 0 amide bonds. The molecule has 1 aliphatic heterocycles. The highest BCUT2D eigenvalue weighted by atomic mass is 16.5. The Bertz CT molecular complexity index is 758. The number of ketones is 1. The fourth-order valence-corrected chi connectivity index (χ4v) is 2.85. The molecule has 142 valence electrons. The van der Waals surface area contributed by atoms with E-state index in [4.69, 9.17) is 9.47 Å². The first-order chi connectivity index (χ1) is 13.2. The lowest BCUT2D eigenvalue weighted by Gasteiger charge is -2.28. The summed E-state index contributed by atoms with van der Waals surface area (Å²) in [5.74, 6) is 0.539. The lowest BCUT2D eigenvalue weighted by Crippen LogP contribution is -2.42. The van der Waals surface area contributed by atoms with Gasteiger partial charge in [-0.05, 0) is 30.4 Å². The topological polar surface area (TPSA) is 71.9 Å². The van der Waals surface area contributed by atoms with E-state index < -0.39 is 6.10 Å². The first-order valence-electron chi connectivity index (χ1n) is 9.05. The first kappa shape index (κ1) is 19.2. The number of ether oxygens (including phenoxy) is 2. The zero-order valence-electron chi connectivity index (χ0n) is 15.2. The fraction of sp³-hybridized carbons (Fsp3) is 0.333. The maximum atomic E-state index is 12.2. The van der Waals surface area contributed by atoms with Crippen LogP contribution in [0.2, 0.25) is 0 Å². The predicted molar refractivity (Wildman–Crippen MR) is 103 cm³/mol. The van der Waals surface area contributed by atoms with Crippen LogP contribution >= 0.6 is 0 Å². The number of aliphatic hydroxyl groups is 1. The maximum Gasteiger partial charge on any atom is 0.185 e. The van der Waals surface area contributed by atoms with Gasteiger partial charge in [0.1, 0.15) is 18.5 Å². The SMILES string of the molecule is O=C(/C=C/c1ccccc1OCC(O)CN1CCOCC1)c1ccncc1. The molecule has 0 saturated carbocycles. The quantitative estimate of drug-likeness (QED) is 0.568. The van der Waals surface area contributed by atoms with Gasteiger partial charge in [0.25, 0.3) is 0 Å². The Kier molecular flexibility index (Phi) is 7.10. The molecule has 0 aliphatic carbocycles. The van der Waals surface area contributed by atoms with E-state index in [0.29, 0.717) is 31.1 Å². The molecular weight excluding hydrogens is 344 g/mol. The van der Waals surface area contributed by atoms with E-state index in [0.717, 1.165) is 18.7 Å². The summed E-state index contributed by atoms with van der Waals surface area (Å²) in [4.78, 5) is 18.3. The number of hydrogen-bond acceptors (Lipinski definition) is 6. The summed E-state index contributed by atoms with van der Waals surface area (Å²) in [5, 5.41) is 10.2. The van der Waals surface area contributed by atoms with Gasteiger partial charge < -0.3 is 14.6 Å². The van der Waals surface area contributed by atoms with Crippen LogP contribution in [0.3, 0.4) is 0 Å². The van der Waals surface area contributed by atoms with E-state index in [1.165, 1.54) is 6.08 Å². The summed E-state index contributed by atoms with van der Waals surface area (Å²) >= 11 is 0. The van der Waals surface area contributed by atoms with E-state index in [1.807, 2.05) is 24.3 Å². The Morgan fingerprint density at radius 1 is 1.22 bits per heavy atom. The Hall–Kier alpha value is -2.54. The van der Waals surface area contributed by atoms with Crippen LogP contribution in [-0.4, -0.2) is 66.3 Å². The van der Waals surface area contributed by atoms with Crippen molar-refractivity contribution in [2.24, 2.45) is 0 Å². The summed E-state index contributed by atoms with van der Waals surface area (Å²) in [7, 11) is 0. The Labute approximate surface area is 159 Å². The zero-order chi connectivity index (χ0) is 18.9. The molecule has 1 aromatic heterocycles. The van der Waals surface area contributed by atoms with Crippen LogP contribution in [0.15, 0.2) is 54.9 Å². The minimum absolute atomic E-state index is 0.0976. The second-order valence-electron chi connectivity index (χ2n) is 6.35. The number of pyridine rings is 1. The van der Waals surface area contributed by atoms with Gasteiger partial charge in [0, 0.05) is 43.2 Å². The lowest BCUT2D eigenvalue weighted by molar-refractivity contribution is 0.00464.